The van der Waals surface area contributed by atoms with E-state index in [0.717, 1.165) is 10.6 Å². The molecule has 3 heterocycles. The maximum atomic E-state index is 13.1. The van der Waals surface area contributed by atoms with Gasteiger partial charge < -0.3 is 14.5 Å². The summed E-state index contributed by atoms with van der Waals surface area (Å²) in [6, 6.07) is 3.82. The molecule has 0 radical (unpaired) electrons. The Morgan fingerprint density at radius 1 is 1.34 bits per heavy atom. The number of nitrogens with zero attached hydrogens (tertiary/aromatic N) is 4. The van der Waals surface area contributed by atoms with Gasteiger partial charge in [0, 0.05) is 32.0 Å². The van der Waals surface area contributed by atoms with Crippen molar-refractivity contribution in [3.05, 3.63) is 45.7 Å². The largest absolute Gasteiger partial charge is 0.370 e. The van der Waals surface area contributed by atoms with Crippen molar-refractivity contribution in [2.24, 2.45) is 5.92 Å². The molecule has 7 nitrogen and oxygen atoms in total. The Kier molecular flexibility index (Phi) is 6.97. The highest BCUT2D eigenvalue weighted by Crippen LogP contribution is 2.21. The van der Waals surface area contributed by atoms with Crippen LogP contribution in [0.5, 0.6) is 0 Å². The molecule has 3 rings (SSSR count). The minimum atomic E-state index is -0.265. The van der Waals surface area contributed by atoms with Gasteiger partial charge in [0.15, 0.2) is 0 Å². The fraction of sp³-hybridized carbons (Fsp3) is 0.524. The molecule has 0 saturated carbocycles. The molecular formula is C21H28N4O3S. The van der Waals surface area contributed by atoms with Gasteiger partial charge in [0.05, 0.1) is 23.4 Å². The van der Waals surface area contributed by atoms with Crippen molar-refractivity contribution < 1.29 is 14.3 Å². The van der Waals surface area contributed by atoms with E-state index in [9.17, 15) is 9.59 Å². The standard InChI is InChI=1S/C21H28N4O3S/c1-14(2)9-24-10-18(28-13-17-6-5-7-22-8-17)11-25(12-19(24)26)21(27)20-15(3)23-16(4)29-20/h5-8,14,18H,9-13H2,1-4H3/t18-/m1/s1. The average Bonchev–Trinajstić information content (AvgIpc) is 2.93. The van der Waals surface area contributed by atoms with Crippen molar-refractivity contribution in [1.29, 1.82) is 0 Å². The quantitative estimate of drug-likeness (QED) is 0.724. The molecule has 0 unspecified atom stereocenters. The summed E-state index contributed by atoms with van der Waals surface area (Å²) in [6.45, 7) is 9.82. The summed E-state index contributed by atoms with van der Waals surface area (Å²) in [7, 11) is 0. The Morgan fingerprint density at radius 2 is 2.14 bits per heavy atom. The smallest absolute Gasteiger partial charge is 0.266 e. The zero-order chi connectivity index (χ0) is 21.0. The molecule has 1 atom stereocenters. The number of amides is 2. The topological polar surface area (TPSA) is 75.6 Å². The number of carbonyl (C=O) groups excluding carboxylic acids is 2. The molecule has 2 amide bonds. The van der Waals surface area contributed by atoms with Crippen molar-refractivity contribution in [1.82, 2.24) is 19.8 Å². The summed E-state index contributed by atoms with van der Waals surface area (Å²) >= 11 is 1.37. The summed E-state index contributed by atoms with van der Waals surface area (Å²) in [5.74, 6) is 0.146. The molecule has 2 aromatic rings. The molecule has 156 valence electrons. The molecule has 1 fully saturated rings. The van der Waals surface area contributed by atoms with Gasteiger partial charge in [0.1, 0.15) is 11.4 Å². The van der Waals surface area contributed by atoms with Gasteiger partial charge in [-0.25, -0.2) is 4.98 Å². The van der Waals surface area contributed by atoms with Gasteiger partial charge in [-0.15, -0.1) is 11.3 Å². The Morgan fingerprint density at radius 3 is 2.76 bits per heavy atom. The second kappa shape index (κ2) is 9.45. The number of pyridine rings is 1. The number of thiazole rings is 1. The third-order valence-electron chi connectivity index (χ3n) is 4.71. The lowest BCUT2D eigenvalue weighted by Crippen LogP contribution is -2.40. The van der Waals surface area contributed by atoms with Gasteiger partial charge in [-0.2, -0.15) is 0 Å². The van der Waals surface area contributed by atoms with Crippen molar-refractivity contribution in [2.75, 3.05) is 26.2 Å². The molecule has 29 heavy (non-hydrogen) atoms. The van der Waals surface area contributed by atoms with Crippen LogP contribution in [0.2, 0.25) is 0 Å². The van der Waals surface area contributed by atoms with Crippen LogP contribution in [0.4, 0.5) is 0 Å². The Hall–Kier alpha value is -2.32. The third-order valence-corrected chi connectivity index (χ3v) is 5.77. The first-order valence-corrected chi connectivity index (χ1v) is 10.7. The molecule has 8 heteroatoms. The van der Waals surface area contributed by atoms with Crippen LogP contribution in [0.3, 0.4) is 0 Å². The van der Waals surface area contributed by atoms with Crippen molar-refractivity contribution in [3.63, 3.8) is 0 Å². The van der Waals surface area contributed by atoms with Gasteiger partial charge in [-0.1, -0.05) is 19.9 Å². The van der Waals surface area contributed by atoms with E-state index in [-0.39, 0.29) is 24.5 Å². The van der Waals surface area contributed by atoms with Gasteiger partial charge >= 0.3 is 0 Å². The molecule has 0 N–H and O–H groups in total. The van der Waals surface area contributed by atoms with Gasteiger partial charge in [-0.05, 0) is 31.4 Å². The zero-order valence-corrected chi connectivity index (χ0v) is 18.2. The normalized spacial score (nSPS) is 17.7. The summed E-state index contributed by atoms with van der Waals surface area (Å²) in [6.07, 6.45) is 3.22. The number of rotatable bonds is 6. The monoisotopic (exact) mass is 416 g/mol. The molecule has 1 saturated heterocycles. The first kappa shape index (κ1) is 21.4. The van der Waals surface area contributed by atoms with E-state index in [0.29, 0.717) is 42.7 Å². The summed E-state index contributed by atoms with van der Waals surface area (Å²) < 4.78 is 6.12. The van der Waals surface area contributed by atoms with E-state index >= 15 is 0 Å². The highest BCUT2D eigenvalue weighted by atomic mass is 32.1. The lowest BCUT2D eigenvalue weighted by molar-refractivity contribution is -0.132. The van der Waals surface area contributed by atoms with Crippen LogP contribution < -0.4 is 0 Å². The lowest BCUT2D eigenvalue weighted by Gasteiger charge is -2.26. The summed E-state index contributed by atoms with van der Waals surface area (Å²) in [5.41, 5.74) is 1.67. The van der Waals surface area contributed by atoms with Crippen LogP contribution >= 0.6 is 11.3 Å². The molecule has 1 aliphatic heterocycles. The van der Waals surface area contributed by atoms with Gasteiger partial charge in [0.25, 0.3) is 5.91 Å². The van der Waals surface area contributed by atoms with Crippen molar-refractivity contribution in [3.8, 4) is 0 Å². The molecule has 0 spiro atoms. The zero-order valence-electron chi connectivity index (χ0n) is 17.4. The summed E-state index contributed by atoms with van der Waals surface area (Å²) in [4.78, 5) is 38.5. The van der Waals surface area contributed by atoms with E-state index in [1.807, 2.05) is 30.9 Å². The molecule has 0 aromatic carbocycles. The van der Waals surface area contributed by atoms with Gasteiger partial charge in [-0.3, -0.25) is 14.6 Å². The predicted molar refractivity (Wildman–Crippen MR) is 112 cm³/mol. The van der Waals surface area contributed by atoms with Crippen LogP contribution in [0.1, 0.15) is 39.8 Å². The Balaban J connectivity index is 1.78. The number of hydrogen-bond donors (Lipinski definition) is 0. The van der Waals surface area contributed by atoms with E-state index < -0.39 is 0 Å². The van der Waals surface area contributed by atoms with Crippen LogP contribution in [-0.2, 0) is 16.1 Å². The average molecular weight is 417 g/mol. The Bertz CT molecular complexity index is 853. The van der Waals surface area contributed by atoms with Crippen LogP contribution in [0.25, 0.3) is 0 Å². The second-order valence-corrected chi connectivity index (χ2v) is 9.02. The number of hydrogen-bond acceptors (Lipinski definition) is 6. The fourth-order valence-electron chi connectivity index (χ4n) is 3.43. The van der Waals surface area contributed by atoms with E-state index in [4.69, 9.17) is 4.74 Å². The van der Waals surface area contributed by atoms with Crippen molar-refractivity contribution >= 4 is 23.2 Å². The van der Waals surface area contributed by atoms with Crippen LogP contribution in [0, 0.1) is 19.8 Å². The second-order valence-electron chi connectivity index (χ2n) is 7.82. The van der Waals surface area contributed by atoms with Crippen LogP contribution in [0.15, 0.2) is 24.5 Å². The maximum absolute atomic E-state index is 13.1. The maximum Gasteiger partial charge on any atom is 0.266 e. The van der Waals surface area contributed by atoms with E-state index in [1.165, 1.54) is 11.3 Å². The highest BCUT2D eigenvalue weighted by Gasteiger charge is 2.32. The van der Waals surface area contributed by atoms with Crippen molar-refractivity contribution in [2.45, 2.75) is 40.4 Å². The lowest BCUT2D eigenvalue weighted by atomic mass is 10.2. The molecular weight excluding hydrogens is 388 g/mol. The first-order valence-electron chi connectivity index (χ1n) is 9.85. The minimum Gasteiger partial charge on any atom is -0.370 e. The van der Waals surface area contributed by atoms with E-state index in [1.54, 1.807) is 17.3 Å². The first-order chi connectivity index (χ1) is 13.8. The van der Waals surface area contributed by atoms with Crippen LogP contribution in [-0.4, -0.2) is 63.9 Å². The molecule has 0 bridgehead atoms. The Labute approximate surface area is 175 Å². The van der Waals surface area contributed by atoms with E-state index in [2.05, 4.69) is 23.8 Å². The fourth-order valence-corrected chi connectivity index (χ4v) is 4.31. The number of ether oxygens (including phenoxy) is 1. The molecule has 0 aliphatic carbocycles. The van der Waals surface area contributed by atoms with Gasteiger partial charge in [0.2, 0.25) is 5.91 Å². The SMILES string of the molecule is Cc1nc(C)c(C(=O)N2CC(=O)N(CC(C)C)C[C@@H](OCc3cccnc3)C2)s1. The predicted octanol–water partition coefficient (Wildman–Crippen LogP) is 2.68. The number of carbonyl (C=O) groups is 2. The molecule has 1 aliphatic rings. The summed E-state index contributed by atoms with van der Waals surface area (Å²) in [5, 5.41) is 0.845. The minimum absolute atomic E-state index is 0.0431. The number of aromatic nitrogens is 2. The number of aryl methyl sites for hydroxylation is 2. The third kappa shape index (κ3) is 5.61. The molecule has 2 aromatic heterocycles. The highest BCUT2D eigenvalue weighted by molar-refractivity contribution is 7.13.